The van der Waals surface area contributed by atoms with E-state index in [9.17, 15) is 19.5 Å². The second-order valence-corrected chi connectivity index (χ2v) is 10.4. The monoisotopic (exact) mass is 510 g/mol. The lowest BCUT2D eigenvalue weighted by molar-refractivity contribution is -0.159. The highest BCUT2D eigenvalue weighted by molar-refractivity contribution is 6.05. The minimum absolute atomic E-state index is 0.0410. The first-order valence-electron chi connectivity index (χ1n) is 13.1. The van der Waals surface area contributed by atoms with Gasteiger partial charge < -0.3 is 24.4 Å². The van der Waals surface area contributed by atoms with Gasteiger partial charge in [0.2, 0.25) is 5.91 Å². The molecule has 5 atom stereocenters. The molecule has 2 amide bonds. The van der Waals surface area contributed by atoms with Gasteiger partial charge in [0.25, 0.3) is 5.91 Å². The van der Waals surface area contributed by atoms with Crippen molar-refractivity contribution in [1.82, 2.24) is 4.90 Å². The average molecular weight is 511 g/mol. The number of fused-ring (bicyclic) bond motifs is 1. The summed E-state index contributed by atoms with van der Waals surface area (Å²) in [6.07, 6.45) is 5.05. The molecule has 0 radical (unpaired) electrons. The molecule has 200 valence electrons. The summed E-state index contributed by atoms with van der Waals surface area (Å²) in [4.78, 5) is 45.0. The molecule has 37 heavy (non-hydrogen) atoms. The molecule has 8 nitrogen and oxygen atoms in total. The molecule has 3 aliphatic heterocycles. The first kappa shape index (κ1) is 27.1. The highest BCUT2D eigenvalue weighted by atomic mass is 16.6. The van der Waals surface area contributed by atoms with Gasteiger partial charge >= 0.3 is 5.97 Å². The maximum atomic E-state index is 14.5. The van der Waals surface area contributed by atoms with Gasteiger partial charge in [0.1, 0.15) is 24.2 Å². The summed E-state index contributed by atoms with van der Waals surface area (Å²) in [6, 6.07) is 4.98. The van der Waals surface area contributed by atoms with Crippen LogP contribution in [-0.2, 0) is 23.9 Å². The standard InChI is InChI=1S/C29H38N2O6/c1-6-14-30(21-18-19(4)10-11-20(21)5)26(34)24-29-13-12-28(8-3,37-29)23(27(35)36-17-7-2)22(29)25(33)31(24)15-9-16-32/h6-7,10-11,18,22-24,32H,1-2,8-9,12-17H2,3-5H3/t22-,23+,24?,28-,29?/m0/s1. The van der Waals surface area contributed by atoms with E-state index in [2.05, 4.69) is 13.2 Å². The number of likely N-dealkylation sites (tertiary alicyclic amines) is 1. The number of aliphatic hydroxyl groups excluding tert-OH is 1. The Morgan fingerprint density at radius 3 is 2.68 bits per heavy atom. The lowest BCUT2D eigenvalue weighted by Crippen LogP contribution is -2.56. The van der Waals surface area contributed by atoms with Crippen molar-refractivity contribution in [3.05, 3.63) is 54.6 Å². The number of esters is 1. The maximum absolute atomic E-state index is 14.5. The van der Waals surface area contributed by atoms with Crippen LogP contribution in [0.2, 0.25) is 0 Å². The maximum Gasteiger partial charge on any atom is 0.313 e. The van der Waals surface area contributed by atoms with Gasteiger partial charge in [0.05, 0.1) is 11.5 Å². The van der Waals surface area contributed by atoms with Crippen LogP contribution < -0.4 is 4.90 Å². The predicted molar refractivity (Wildman–Crippen MR) is 140 cm³/mol. The van der Waals surface area contributed by atoms with Crippen LogP contribution in [-0.4, -0.2) is 71.3 Å². The largest absolute Gasteiger partial charge is 0.461 e. The van der Waals surface area contributed by atoms with Crippen molar-refractivity contribution in [2.75, 3.05) is 31.2 Å². The Morgan fingerprint density at radius 1 is 1.27 bits per heavy atom. The van der Waals surface area contributed by atoms with Crippen molar-refractivity contribution in [2.45, 2.75) is 63.7 Å². The Labute approximate surface area is 218 Å². The molecule has 8 heteroatoms. The fourth-order valence-electron chi connectivity index (χ4n) is 6.66. The quantitative estimate of drug-likeness (QED) is 0.363. The summed E-state index contributed by atoms with van der Waals surface area (Å²) < 4.78 is 12.2. The first-order valence-corrected chi connectivity index (χ1v) is 13.1. The fraction of sp³-hybridized carbons (Fsp3) is 0.552. The van der Waals surface area contributed by atoms with E-state index >= 15 is 0 Å². The van der Waals surface area contributed by atoms with Crippen LogP contribution in [0, 0.1) is 25.7 Å². The number of carbonyl (C=O) groups excluding carboxylic acids is 3. The number of hydrogen-bond acceptors (Lipinski definition) is 6. The molecule has 1 spiro atoms. The van der Waals surface area contributed by atoms with Crippen LogP contribution in [0.4, 0.5) is 5.69 Å². The van der Waals surface area contributed by atoms with E-state index in [4.69, 9.17) is 9.47 Å². The molecule has 1 aromatic carbocycles. The Hall–Kier alpha value is -2.97. The number of aryl methyl sites for hydroxylation is 2. The third kappa shape index (κ3) is 4.20. The smallest absolute Gasteiger partial charge is 0.313 e. The van der Waals surface area contributed by atoms with E-state index in [1.807, 2.05) is 39.0 Å². The molecule has 2 unspecified atom stereocenters. The van der Waals surface area contributed by atoms with E-state index in [1.54, 1.807) is 11.0 Å². The molecule has 0 saturated carbocycles. The topological polar surface area (TPSA) is 96.4 Å². The van der Waals surface area contributed by atoms with Gasteiger partial charge in [-0.3, -0.25) is 14.4 Å². The van der Waals surface area contributed by atoms with E-state index in [-0.39, 0.29) is 38.1 Å². The molecule has 2 bridgehead atoms. The average Bonchev–Trinajstić information content (AvgIpc) is 3.49. The molecule has 4 rings (SSSR count). The number of amides is 2. The molecule has 0 aromatic heterocycles. The van der Waals surface area contributed by atoms with E-state index in [1.165, 1.54) is 11.0 Å². The third-order valence-corrected chi connectivity index (χ3v) is 8.30. The van der Waals surface area contributed by atoms with Crippen molar-refractivity contribution in [3.63, 3.8) is 0 Å². The van der Waals surface area contributed by atoms with Crippen molar-refractivity contribution >= 4 is 23.5 Å². The summed E-state index contributed by atoms with van der Waals surface area (Å²) in [5.74, 6) is -2.68. The Bertz CT molecular complexity index is 1100. The molecule has 3 saturated heterocycles. The molecular weight excluding hydrogens is 472 g/mol. The molecule has 3 aliphatic rings. The number of ether oxygens (including phenoxy) is 2. The lowest BCUT2D eigenvalue weighted by atomic mass is 9.65. The summed E-state index contributed by atoms with van der Waals surface area (Å²) in [7, 11) is 0. The van der Waals surface area contributed by atoms with Crippen molar-refractivity contribution in [3.8, 4) is 0 Å². The lowest BCUT2D eigenvalue weighted by Gasteiger charge is -2.37. The highest BCUT2D eigenvalue weighted by Gasteiger charge is 2.79. The molecule has 0 aliphatic carbocycles. The van der Waals surface area contributed by atoms with Crippen molar-refractivity contribution in [1.29, 1.82) is 0 Å². The van der Waals surface area contributed by atoms with Gasteiger partial charge in [-0.2, -0.15) is 0 Å². The number of aliphatic hydroxyl groups is 1. The molecule has 1 aromatic rings. The minimum atomic E-state index is -1.14. The first-order chi connectivity index (χ1) is 17.7. The van der Waals surface area contributed by atoms with Gasteiger partial charge in [-0.1, -0.05) is 37.8 Å². The number of hydrogen-bond donors (Lipinski definition) is 1. The number of carbonyl (C=O) groups is 3. The molecular formula is C29H38N2O6. The van der Waals surface area contributed by atoms with Crippen molar-refractivity contribution in [2.24, 2.45) is 11.8 Å². The summed E-state index contributed by atoms with van der Waals surface area (Å²) in [5.41, 5.74) is 0.677. The Balaban J connectivity index is 1.82. The van der Waals surface area contributed by atoms with Gasteiger partial charge in [-0.05, 0) is 56.7 Å². The summed E-state index contributed by atoms with van der Waals surface area (Å²) >= 11 is 0. The molecule has 1 N–H and O–H groups in total. The fourth-order valence-corrected chi connectivity index (χ4v) is 6.66. The van der Waals surface area contributed by atoms with Crippen LogP contribution >= 0.6 is 0 Å². The van der Waals surface area contributed by atoms with Gasteiger partial charge in [0, 0.05) is 25.4 Å². The van der Waals surface area contributed by atoms with E-state index < -0.39 is 35.0 Å². The second-order valence-electron chi connectivity index (χ2n) is 10.4. The zero-order chi connectivity index (χ0) is 27.0. The van der Waals surface area contributed by atoms with E-state index in [0.717, 1.165) is 16.8 Å². The van der Waals surface area contributed by atoms with E-state index in [0.29, 0.717) is 25.7 Å². The SMILES string of the molecule is C=CCOC(=O)[C@H]1[C@H]2C(=O)N(CCCO)C(C(=O)N(CC=C)c3cc(C)ccc3C)C23CC[C@]1(CC)O3. The highest BCUT2D eigenvalue weighted by Crippen LogP contribution is 2.64. The zero-order valence-corrected chi connectivity index (χ0v) is 22.1. The van der Waals surface area contributed by atoms with Crippen LogP contribution in [0.25, 0.3) is 0 Å². The van der Waals surface area contributed by atoms with Gasteiger partial charge in [-0.15, -0.1) is 6.58 Å². The summed E-state index contributed by atoms with van der Waals surface area (Å²) in [5, 5.41) is 9.56. The second kappa shape index (κ2) is 10.4. The summed E-state index contributed by atoms with van der Waals surface area (Å²) in [6.45, 7) is 13.7. The molecule has 3 fully saturated rings. The number of rotatable bonds is 11. The van der Waals surface area contributed by atoms with Gasteiger partial charge in [0.15, 0.2) is 0 Å². The Morgan fingerprint density at radius 2 is 2.03 bits per heavy atom. The normalized spacial score (nSPS) is 29.8. The number of nitrogens with zero attached hydrogens (tertiary/aromatic N) is 2. The number of benzene rings is 1. The van der Waals surface area contributed by atoms with Crippen molar-refractivity contribution < 1.29 is 29.0 Å². The third-order valence-electron chi connectivity index (χ3n) is 8.30. The van der Waals surface area contributed by atoms with Crippen LogP contribution in [0.3, 0.4) is 0 Å². The number of anilines is 1. The van der Waals surface area contributed by atoms with Crippen LogP contribution in [0.15, 0.2) is 43.5 Å². The Kier molecular flexibility index (Phi) is 7.62. The van der Waals surface area contributed by atoms with Crippen LogP contribution in [0.5, 0.6) is 0 Å². The molecule has 3 heterocycles. The van der Waals surface area contributed by atoms with Crippen LogP contribution in [0.1, 0.15) is 43.7 Å². The predicted octanol–water partition coefficient (Wildman–Crippen LogP) is 3.09. The zero-order valence-electron chi connectivity index (χ0n) is 22.1. The van der Waals surface area contributed by atoms with Gasteiger partial charge in [-0.25, -0.2) is 0 Å². The minimum Gasteiger partial charge on any atom is -0.461 e.